The lowest BCUT2D eigenvalue weighted by Gasteiger charge is -2.54. The molecule has 3 N–H and O–H groups in total. The van der Waals surface area contributed by atoms with Crippen molar-refractivity contribution >= 4 is 17.4 Å². The monoisotopic (exact) mass is 411 g/mol. The second-order valence-electron chi connectivity index (χ2n) is 10.4. The number of hydrogen-bond acceptors (Lipinski definition) is 5. The molecule has 0 radical (unpaired) electrons. The third-order valence-electron chi connectivity index (χ3n) is 8.18. The number of allylic oxidation sites excluding steroid dienone is 2. The van der Waals surface area contributed by atoms with Crippen LogP contribution in [0.15, 0.2) is 24.3 Å². The molecule has 6 unspecified atom stereocenters. The number of amides is 1. The molecule has 4 bridgehead atoms. The van der Waals surface area contributed by atoms with Crippen LogP contribution in [0.3, 0.4) is 0 Å². The Bertz CT molecular complexity index is 986. The number of phenolic OH excluding ortho intramolecular Hbond substituents is 2. The Morgan fingerprint density at radius 2 is 2.03 bits per heavy atom. The van der Waals surface area contributed by atoms with Crippen molar-refractivity contribution in [1.82, 2.24) is 0 Å². The predicted molar refractivity (Wildman–Crippen MR) is 111 cm³/mol. The quantitative estimate of drug-likeness (QED) is 0.654. The van der Waals surface area contributed by atoms with Gasteiger partial charge in [-0.3, -0.25) is 9.59 Å². The number of nitrogens with one attached hydrogen (secondary N) is 1. The van der Waals surface area contributed by atoms with Crippen LogP contribution in [0.25, 0.3) is 0 Å². The SMILES string of the molecule is Cc1ccc(O)c(NC(=O)CCC2(C)C(=O)C=CC34CC5CC(C)(C3)OC5C42)c1O. The molecule has 1 spiro atoms. The molecule has 2 aliphatic heterocycles. The highest BCUT2D eigenvalue weighted by Gasteiger charge is 2.71. The molecule has 6 atom stereocenters. The number of anilines is 1. The number of carbonyl (C=O) groups is 2. The summed E-state index contributed by atoms with van der Waals surface area (Å²) in [6.07, 6.45) is 7.55. The normalized spacial score (nSPS) is 40.6. The first-order valence-electron chi connectivity index (χ1n) is 10.8. The molecule has 6 heteroatoms. The van der Waals surface area contributed by atoms with Gasteiger partial charge in [0, 0.05) is 17.8 Å². The zero-order valence-corrected chi connectivity index (χ0v) is 17.7. The van der Waals surface area contributed by atoms with Gasteiger partial charge >= 0.3 is 0 Å². The Balaban J connectivity index is 1.36. The average Bonchev–Trinajstić information content (AvgIpc) is 3.06. The molecular formula is C24H29NO5. The van der Waals surface area contributed by atoms with E-state index in [0.29, 0.717) is 17.9 Å². The minimum Gasteiger partial charge on any atom is -0.506 e. The van der Waals surface area contributed by atoms with Crippen LogP contribution < -0.4 is 5.32 Å². The minimum atomic E-state index is -0.659. The number of ether oxygens (including phenoxy) is 1. The van der Waals surface area contributed by atoms with E-state index >= 15 is 0 Å². The number of ketones is 1. The lowest BCUT2D eigenvalue weighted by atomic mass is 9.53. The number of hydrogen-bond donors (Lipinski definition) is 3. The fraction of sp³-hybridized carbons (Fsp3) is 0.583. The third-order valence-corrected chi connectivity index (χ3v) is 8.18. The molecule has 6 nitrogen and oxygen atoms in total. The van der Waals surface area contributed by atoms with Crippen molar-refractivity contribution in [3.05, 3.63) is 29.8 Å². The number of aromatic hydroxyl groups is 2. The van der Waals surface area contributed by atoms with Crippen molar-refractivity contribution in [2.75, 3.05) is 5.32 Å². The fourth-order valence-electron chi connectivity index (χ4n) is 7.08. The maximum Gasteiger partial charge on any atom is 0.224 e. The zero-order chi connectivity index (χ0) is 21.5. The molecule has 160 valence electrons. The molecule has 3 aliphatic carbocycles. The maximum atomic E-state index is 13.1. The van der Waals surface area contributed by atoms with Gasteiger partial charge < -0.3 is 20.3 Å². The van der Waals surface area contributed by atoms with Crippen LogP contribution in [0.1, 0.15) is 51.5 Å². The molecule has 1 amide bonds. The van der Waals surface area contributed by atoms with Crippen molar-refractivity contribution in [3.8, 4) is 11.5 Å². The summed E-state index contributed by atoms with van der Waals surface area (Å²) in [5.41, 5.74) is -0.173. The first kappa shape index (κ1) is 19.6. The number of benzene rings is 1. The van der Waals surface area contributed by atoms with Gasteiger partial charge in [0.2, 0.25) is 5.91 Å². The molecular weight excluding hydrogens is 382 g/mol. The third kappa shape index (κ3) is 2.59. The molecule has 1 aromatic rings. The predicted octanol–water partition coefficient (Wildman–Crippen LogP) is 3.84. The van der Waals surface area contributed by atoms with E-state index in [1.807, 2.05) is 6.92 Å². The van der Waals surface area contributed by atoms with Crippen molar-refractivity contribution in [2.24, 2.45) is 22.7 Å². The lowest BCUT2D eigenvalue weighted by molar-refractivity contribution is -0.169. The molecule has 5 aliphatic rings. The minimum absolute atomic E-state index is 0.00714. The number of phenols is 2. The number of carbonyl (C=O) groups excluding carboxylic acids is 2. The fourth-order valence-corrected chi connectivity index (χ4v) is 7.08. The Morgan fingerprint density at radius 3 is 2.80 bits per heavy atom. The highest BCUT2D eigenvalue weighted by Crippen LogP contribution is 2.71. The molecule has 4 fully saturated rings. The summed E-state index contributed by atoms with van der Waals surface area (Å²) in [5, 5.41) is 22.8. The summed E-state index contributed by atoms with van der Waals surface area (Å²) < 4.78 is 6.44. The number of aryl methyl sites for hydroxylation is 1. The van der Waals surface area contributed by atoms with Crippen LogP contribution in [0.2, 0.25) is 0 Å². The molecule has 30 heavy (non-hydrogen) atoms. The second kappa shape index (κ2) is 6.10. The van der Waals surface area contributed by atoms with E-state index in [0.717, 1.165) is 19.3 Å². The van der Waals surface area contributed by atoms with E-state index in [1.165, 1.54) is 6.07 Å². The molecule has 6 rings (SSSR count). The van der Waals surface area contributed by atoms with Crippen molar-refractivity contribution in [3.63, 3.8) is 0 Å². The van der Waals surface area contributed by atoms with Gasteiger partial charge in [0.05, 0.1) is 11.7 Å². The lowest BCUT2D eigenvalue weighted by Crippen LogP contribution is -2.55. The molecule has 1 aromatic carbocycles. The van der Waals surface area contributed by atoms with Crippen LogP contribution in [-0.2, 0) is 14.3 Å². The Labute approximate surface area is 176 Å². The van der Waals surface area contributed by atoms with E-state index in [2.05, 4.69) is 18.3 Å². The van der Waals surface area contributed by atoms with Gasteiger partial charge in [-0.25, -0.2) is 0 Å². The number of rotatable bonds is 4. The first-order valence-corrected chi connectivity index (χ1v) is 10.8. The largest absolute Gasteiger partial charge is 0.506 e. The zero-order valence-electron chi connectivity index (χ0n) is 17.7. The molecule has 2 saturated heterocycles. The topological polar surface area (TPSA) is 95.9 Å². The Morgan fingerprint density at radius 1 is 1.27 bits per heavy atom. The summed E-state index contributed by atoms with van der Waals surface area (Å²) in [6, 6.07) is 3.02. The van der Waals surface area contributed by atoms with Gasteiger partial charge in [-0.15, -0.1) is 0 Å². The Hall–Kier alpha value is -2.34. The van der Waals surface area contributed by atoms with Crippen LogP contribution in [-0.4, -0.2) is 33.6 Å². The summed E-state index contributed by atoms with van der Waals surface area (Å²) in [6.45, 7) is 5.87. The van der Waals surface area contributed by atoms with E-state index in [9.17, 15) is 19.8 Å². The average molecular weight is 411 g/mol. The smallest absolute Gasteiger partial charge is 0.224 e. The van der Waals surface area contributed by atoms with E-state index in [4.69, 9.17) is 4.74 Å². The molecule has 2 heterocycles. The highest BCUT2D eigenvalue weighted by molar-refractivity contribution is 5.98. The van der Waals surface area contributed by atoms with Gasteiger partial charge in [0.25, 0.3) is 0 Å². The van der Waals surface area contributed by atoms with Gasteiger partial charge in [-0.05, 0) is 68.6 Å². The highest BCUT2D eigenvalue weighted by atomic mass is 16.5. The summed E-state index contributed by atoms with van der Waals surface area (Å²) in [7, 11) is 0. The van der Waals surface area contributed by atoms with Crippen molar-refractivity contribution in [1.29, 1.82) is 0 Å². The summed E-state index contributed by atoms with van der Waals surface area (Å²) in [5.74, 6) is -0.00616. The van der Waals surface area contributed by atoms with Crippen molar-refractivity contribution < 1.29 is 24.5 Å². The van der Waals surface area contributed by atoms with E-state index in [1.54, 1.807) is 19.1 Å². The van der Waals surface area contributed by atoms with Gasteiger partial charge in [0.1, 0.15) is 17.2 Å². The van der Waals surface area contributed by atoms with Crippen LogP contribution in [0.5, 0.6) is 11.5 Å². The standard InChI is InChI=1S/C24H29NO5/c1-13-4-5-15(26)18(19(13)29)25-17(28)7-8-23(3)16(27)6-9-24-11-14-10-22(2,12-24)30-20(14)21(23)24/h4-6,9,14,20-21,26,29H,7-8,10-12H2,1-3H3,(H,25,28). The second-order valence-corrected chi connectivity index (χ2v) is 10.4. The molecule has 0 aromatic heterocycles. The van der Waals surface area contributed by atoms with Gasteiger partial charge in [0.15, 0.2) is 5.78 Å². The van der Waals surface area contributed by atoms with Gasteiger partial charge in [-0.2, -0.15) is 0 Å². The van der Waals surface area contributed by atoms with Crippen LogP contribution in [0, 0.1) is 29.6 Å². The van der Waals surface area contributed by atoms with E-state index in [-0.39, 0.29) is 58.3 Å². The van der Waals surface area contributed by atoms with E-state index < -0.39 is 5.41 Å². The van der Waals surface area contributed by atoms with Gasteiger partial charge in [-0.1, -0.05) is 19.1 Å². The molecule has 2 saturated carbocycles. The van der Waals surface area contributed by atoms with Crippen molar-refractivity contribution in [2.45, 2.75) is 64.6 Å². The summed E-state index contributed by atoms with van der Waals surface area (Å²) in [4.78, 5) is 25.7. The summed E-state index contributed by atoms with van der Waals surface area (Å²) >= 11 is 0. The maximum absolute atomic E-state index is 13.1. The first-order chi connectivity index (χ1) is 14.1. The Kier molecular flexibility index (Phi) is 3.99. The van der Waals surface area contributed by atoms with Crippen LogP contribution in [0.4, 0.5) is 5.69 Å². The van der Waals surface area contributed by atoms with Crippen LogP contribution >= 0.6 is 0 Å².